The summed E-state index contributed by atoms with van der Waals surface area (Å²) in [6, 6.07) is 9.41. The van der Waals surface area contributed by atoms with E-state index >= 15 is 0 Å². The molecule has 4 aromatic rings. The molecule has 0 saturated carbocycles. The number of anilines is 1. The van der Waals surface area contributed by atoms with Crippen LogP contribution in [0.4, 0.5) is 5.69 Å². The average molecular weight is 619 g/mol. The lowest BCUT2D eigenvalue weighted by atomic mass is 9.79. The van der Waals surface area contributed by atoms with Crippen molar-refractivity contribution in [1.82, 2.24) is 14.9 Å². The highest BCUT2D eigenvalue weighted by molar-refractivity contribution is 6.33. The molecule has 10 nitrogen and oxygen atoms in total. The Morgan fingerprint density at radius 3 is 2.50 bits per heavy atom. The van der Waals surface area contributed by atoms with Gasteiger partial charge >= 0.3 is 5.97 Å². The maximum absolute atomic E-state index is 13.8. The molecule has 230 valence electrons. The van der Waals surface area contributed by atoms with Gasteiger partial charge < -0.3 is 29.2 Å². The number of likely N-dealkylation sites (N-methyl/N-ethyl adjacent to an activating group) is 1. The van der Waals surface area contributed by atoms with E-state index in [0.29, 0.717) is 67.4 Å². The number of hydrogen-bond donors (Lipinski definition) is 2. The van der Waals surface area contributed by atoms with E-state index in [-0.39, 0.29) is 34.2 Å². The van der Waals surface area contributed by atoms with E-state index in [4.69, 9.17) is 20.8 Å². The van der Waals surface area contributed by atoms with E-state index in [1.54, 1.807) is 36.7 Å². The summed E-state index contributed by atoms with van der Waals surface area (Å²) in [7, 11) is 1.95. The molecule has 4 heterocycles. The minimum absolute atomic E-state index is 0.0444. The van der Waals surface area contributed by atoms with Crippen LogP contribution in [-0.2, 0) is 9.53 Å². The Kier molecular flexibility index (Phi) is 7.98. The number of halogens is 1. The number of esters is 1. The number of fused-ring (bicyclic) bond motifs is 1. The molecule has 0 aliphatic carbocycles. The molecular weight excluding hydrogens is 584 g/mol. The molecule has 2 N–H and O–H groups in total. The van der Waals surface area contributed by atoms with Crippen LogP contribution in [-0.4, -0.2) is 70.4 Å². The SMILES string of the molecule is Cc1ncc(N2CCC(C)(C(=O)O[C@@H]3CN(C)CC[C@@H]3c3c(O)cc(O)c4c(=O)cc(-c5ccccc5Cl)oc34)CC2)cn1. The smallest absolute Gasteiger partial charge is 0.312 e. The van der Waals surface area contributed by atoms with Crippen LogP contribution in [0.25, 0.3) is 22.3 Å². The number of phenols is 2. The van der Waals surface area contributed by atoms with Crippen molar-refractivity contribution in [2.24, 2.45) is 5.41 Å². The number of carbonyl (C=O) groups excluding carboxylic acids is 1. The molecule has 0 bridgehead atoms. The second kappa shape index (κ2) is 11.7. The number of aromatic nitrogens is 2. The zero-order valence-electron chi connectivity index (χ0n) is 24.9. The lowest BCUT2D eigenvalue weighted by molar-refractivity contribution is -0.165. The highest BCUT2D eigenvalue weighted by Gasteiger charge is 2.43. The van der Waals surface area contributed by atoms with Crippen molar-refractivity contribution in [3.8, 4) is 22.8 Å². The van der Waals surface area contributed by atoms with Crippen LogP contribution in [0.3, 0.4) is 0 Å². The highest BCUT2D eigenvalue weighted by Crippen LogP contribution is 2.44. The summed E-state index contributed by atoms with van der Waals surface area (Å²) in [5.74, 6) is -0.498. The van der Waals surface area contributed by atoms with Crippen molar-refractivity contribution >= 4 is 34.2 Å². The maximum atomic E-state index is 13.8. The summed E-state index contributed by atoms with van der Waals surface area (Å²) in [4.78, 5) is 40.0. The summed E-state index contributed by atoms with van der Waals surface area (Å²) in [5.41, 5.74) is 0.636. The number of ether oxygens (including phenoxy) is 1. The minimum atomic E-state index is -0.703. The largest absolute Gasteiger partial charge is 0.507 e. The average Bonchev–Trinajstić information content (AvgIpc) is 2.99. The number of phenolic OH excluding ortho intramolecular Hbond substituents is 2. The first-order valence-electron chi connectivity index (χ1n) is 14.7. The van der Waals surface area contributed by atoms with Crippen molar-refractivity contribution in [3.63, 3.8) is 0 Å². The molecule has 11 heteroatoms. The van der Waals surface area contributed by atoms with Crippen molar-refractivity contribution in [2.75, 3.05) is 38.1 Å². The number of benzene rings is 2. The van der Waals surface area contributed by atoms with Gasteiger partial charge in [-0.2, -0.15) is 0 Å². The Hall–Kier alpha value is -4.15. The Morgan fingerprint density at radius 1 is 1.09 bits per heavy atom. The normalized spacial score (nSPS) is 20.5. The van der Waals surface area contributed by atoms with Gasteiger partial charge in [-0.25, -0.2) is 9.97 Å². The Balaban J connectivity index is 1.32. The minimum Gasteiger partial charge on any atom is -0.507 e. The summed E-state index contributed by atoms with van der Waals surface area (Å²) in [6.07, 6.45) is 4.69. The van der Waals surface area contributed by atoms with Gasteiger partial charge in [0.1, 0.15) is 40.2 Å². The lowest BCUT2D eigenvalue weighted by Gasteiger charge is -2.41. The van der Waals surface area contributed by atoms with Crippen LogP contribution < -0.4 is 10.3 Å². The number of aromatic hydroxyl groups is 2. The Morgan fingerprint density at radius 2 is 1.80 bits per heavy atom. The molecular formula is C33H35ClN4O6. The van der Waals surface area contributed by atoms with Crippen molar-refractivity contribution in [3.05, 3.63) is 75.4 Å². The molecule has 2 aromatic heterocycles. The molecule has 2 fully saturated rings. The summed E-state index contributed by atoms with van der Waals surface area (Å²) >= 11 is 6.41. The van der Waals surface area contributed by atoms with Crippen LogP contribution in [0.15, 0.2) is 58.0 Å². The van der Waals surface area contributed by atoms with Crippen molar-refractivity contribution in [1.29, 1.82) is 0 Å². The maximum Gasteiger partial charge on any atom is 0.312 e. The molecule has 0 amide bonds. The molecule has 0 unspecified atom stereocenters. The van der Waals surface area contributed by atoms with Gasteiger partial charge in [0.2, 0.25) is 0 Å². The third-order valence-corrected chi connectivity index (χ3v) is 9.35. The van der Waals surface area contributed by atoms with Crippen LogP contribution in [0.1, 0.15) is 43.5 Å². The molecule has 0 spiro atoms. The molecule has 0 radical (unpaired) electrons. The molecule has 2 aliphatic heterocycles. The highest BCUT2D eigenvalue weighted by atomic mass is 35.5. The number of carbonyl (C=O) groups is 1. The van der Waals surface area contributed by atoms with E-state index in [2.05, 4.69) is 19.8 Å². The van der Waals surface area contributed by atoms with Gasteiger partial charge in [-0.05, 0) is 58.8 Å². The summed E-state index contributed by atoms with van der Waals surface area (Å²) in [6.45, 7) is 6.18. The van der Waals surface area contributed by atoms with Gasteiger partial charge in [-0.15, -0.1) is 0 Å². The number of nitrogens with zero attached hydrogens (tertiary/aromatic N) is 4. The number of rotatable bonds is 5. The zero-order chi connectivity index (χ0) is 31.2. The van der Waals surface area contributed by atoms with E-state index < -0.39 is 22.9 Å². The number of hydrogen-bond acceptors (Lipinski definition) is 10. The molecule has 6 rings (SSSR count). The van der Waals surface area contributed by atoms with E-state index in [9.17, 15) is 19.8 Å². The first-order chi connectivity index (χ1) is 21.0. The molecule has 2 aliphatic rings. The number of aryl methyl sites for hydroxylation is 1. The fourth-order valence-electron chi connectivity index (χ4n) is 6.29. The Labute approximate surface area is 259 Å². The molecule has 2 aromatic carbocycles. The van der Waals surface area contributed by atoms with Crippen molar-refractivity contribution < 1.29 is 24.2 Å². The summed E-state index contributed by atoms with van der Waals surface area (Å²) in [5, 5.41) is 22.2. The number of likely N-dealkylation sites (tertiary alicyclic amines) is 1. The van der Waals surface area contributed by atoms with Gasteiger partial charge in [0.05, 0.1) is 28.5 Å². The van der Waals surface area contributed by atoms with E-state index in [1.807, 2.05) is 20.9 Å². The molecule has 44 heavy (non-hydrogen) atoms. The van der Waals surface area contributed by atoms with Gasteiger partial charge in [-0.1, -0.05) is 23.7 Å². The predicted octanol–water partition coefficient (Wildman–Crippen LogP) is 5.26. The predicted molar refractivity (Wildman–Crippen MR) is 167 cm³/mol. The van der Waals surface area contributed by atoms with Crippen molar-refractivity contribution in [2.45, 2.75) is 45.1 Å². The van der Waals surface area contributed by atoms with Crippen LogP contribution >= 0.6 is 11.6 Å². The molecule has 2 saturated heterocycles. The third-order valence-electron chi connectivity index (χ3n) is 9.02. The van der Waals surface area contributed by atoms with Gasteiger partial charge in [0.15, 0.2) is 5.43 Å². The Bertz CT molecular complexity index is 1770. The first kappa shape index (κ1) is 29.9. The first-order valence-corrected chi connectivity index (χ1v) is 15.1. The second-order valence-electron chi connectivity index (χ2n) is 12.1. The standard InChI is InChI=1S/C33H35ClN4O6/c1-19-35-16-20(17-36-19)38-12-9-33(2,10-13-38)32(42)44-28-18-37(3)11-8-22(28)29-24(39)14-25(40)30-26(41)15-27(43-31(29)30)21-6-4-5-7-23(21)34/h4-7,14-17,22,28,39-40H,8-13,18H2,1-3H3/t22-,28+/m0/s1. The van der Waals surface area contributed by atoms with Gasteiger partial charge in [0, 0.05) is 48.8 Å². The molecule has 2 atom stereocenters. The van der Waals surface area contributed by atoms with Gasteiger partial charge in [0.25, 0.3) is 0 Å². The third kappa shape index (κ3) is 5.59. The number of piperidine rings is 2. The lowest BCUT2D eigenvalue weighted by Crippen LogP contribution is -2.48. The quantitative estimate of drug-likeness (QED) is 0.286. The van der Waals surface area contributed by atoms with Gasteiger partial charge in [-0.3, -0.25) is 9.59 Å². The van der Waals surface area contributed by atoms with Crippen LogP contribution in [0.5, 0.6) is 11.5 Å². The fraction of sp³-hybridized carbons (Fsp3) is 0.394. The monoisotopic (exact) mass is 618 g/mol. The fourth-order valence-corrected chi connectivity index (χ4v) is 6.51. The van der Waals surface area contributed by atoms with E-state index in [1.165, 1.54) is 6.07 Å². The van der Waals surface area contributed by atoms with E-state index in [0.717, 1.165) is 11.8 Å². The van der Waals surface area contributed by atoms with Crippen LogP contribution in [0.2, 0.25) is 5.02 Å². The second-order valence-corrected chi connectivity index (χ2v) is 12.5. The zero-order valence-corrected chi connectivity index (χ0v) is 25.7. The topological polar surface area (TPSA) is 129 Å². The summed E-state index contributed by atoms with van der Waals surface area (Å²) < 4.78 is 12.5. The van der Waals surface area contributed by atoms with Crippen LogP contribution in [0, 0.1) is 12.3 Å².